The number of ether oxygens (including phenoxy) is 1. The van der Waals surface area contributed by atoms with Crippen molar-refractivity contribution < 1.29 is 9.53 Å². The van der Waals surface area contributed by atoms with Crippen LogP contribution in [0.4, 0.5) is 0 Å². The van der Waals surface area contributed by atoms with E-state index < -0.39 is 0 Å². The Kier molecular flexibility index (Phi) is 2.17. The lowest BCUT2D eigenvalue weighted by molar-refractivity contribution is -0.155. The van der Waals surface area contributed by atoms with Crippen LogP contribution in [0.3, 0.4) is 0 Å². The second-order valence-electron chi connectivity index (χ2n) is 6.12. The van der Waals surface area contributed by atoms with Crippen molar-refractivity contribution in [3.8, 4) is 0 Å². The van der Waals surface area contributed by atoms with Gasteiger partial charge in [-0.2, -0.15) is 0 Å². The Bertz CT molecular complexity index is 347. The van der Waals surface area contributed by atoms with E-state index in [-0.39, 0.29) is 11.4 Å². The van der Waals surface area contributed by atoms with E-state index in [0.717, 1.165) is 36.5 Å². The highest BCUT2D eigenvalue weighted by Crippen LogP contribution is 2.59. The smallest absolute Gasteiger partial charge is 0.311 e. The molecule has 16 heavy (non-hydrogen) atoms. The SMILES string of the molecule is COC(=O)C1(C)CC2CC(C1)C1CC=CC21. The summed E-state index contributed by atoms with van der Waals surface area (Å²) in [6.07, 6.45) is 9.39. The molecule has 0 heterocycles. The van der Waals surface area contributed by atoms with E-state index >= 15 is 0 Å². The van der Waals surface area contributed by atoms with Crippen LogP contribution < -0.4 is 0 Å². The molecule has 0 saturated heterocycles. The van der Waals surface area contributed by atoms with Gasteiger partial charge in [-0.15, -0.1) is 0 Å². The van der Waals surface area contributed by atoms with Gasteiger partial charge in [0.25, 0.3) is 0 Å². The molecule has 0 spiro atoms. The van der Waals surface area contributed by atoms with Crippen molar-refractivity contribution in [3.63, 3.8) is 0 Å². The summed E-state index contributed by atoms with van der Waals surface area (Å²) in [4.78, 5) is 11.9. The summed E-state index contributed by atoms with van der Waals surface area (Å²) < 4.78 is 4.98. The Morgan fingerprint density at radius 2 is 2.12 bits per heavy atom. The molecule has 0 aromatic heterocycles. The minimum Gasteiger partial charge on any atom is -0.469 e. The first kappa shape index (κ1) is 10.4. The molecule has 0 N–H and O–H groups in total. The van der Waals surface area contributed by atoms with E-state index in [4.69, 9.17) is 4.74 Å². The molecular weight excluding hydrogens is 200 g/mol. The quantitative estimate of drug-likeness (QED) is 0.501. The van der Waals surface area contributed by atoms with Crippen molar-refractivity contribution in [2.45, 2.75) is 32.6 Å². The number of allylic oxidation sites excluding steroid dienone is 2. The van der Waals surface area contributed by atoms with E-state index in [1.54, 1.807) is 0 Å². The molecule has 5 unspecified atom stereocenters. The fourth-order valence-corrected chi connectivity index (χ4v) is 4.53. The van der Waals surface area contributed by atoms with Gasteiger partial charge in [-0.3, -0.25) is 4.79 Å². The maximum absolute atomic E-state index is 11.9. The largest absolute Gasteiger partial charge is 0.469 e. The highest BCUT2D eigenvalue weighted by atomic mass is 16.5. The zero-order chi connectivity index (χ0) is 11.3. The number of rotatable bonds is 1. The van der Waals surface area contributed by atoms with Crippen LogP contribution in [0, 0.1) is 29.1 Å². The molecule has 3 aliphatic carbocycles. The molecule has 88 valence electrons. The van der Waals surface area contributed by atoms with Crippen molar-refractivity contribution in [2.75, 3.05) is 7.11 Å². The van der Waals surface area contributed by atoms with Gasteiger partial charge in [0, 0.05) is 0 Å². The van der Waals surface area contributed by atoms with Gasteiger partial charge in [0.1, 0.15) is 0 Å². The van der Waals surface area contributed by atoms with Gasteiger partial charge < -0.3 is 4.74 Å². The molecule has 3 aliphatic rings. The Hall–Kier alpha value is -0.790. The zero-order valence-electron chi connectivity index (χ0n) is 10.1. The normalized spacial score (nSPS) is 49.1. The summed E-state index contributed by atoms with van der Waals surface area (Å²) in [6, 6.07) is 0. The topological polar surface area (TPSA) is 26.3 Å². The van der Waals surface area contributed by atoms with Crippen molar-refractivity contribution in [1.82, 2.24) is 0 Å². The summed E-state index contributed by atoms with van der Waals surface area (Å²) in [5, 5.41) is 0. The van der Waals surface area contributed by atoms with Crippen LogP contribution in [0.2, 0.25) is 0 Å². The first-order chi connectivity index (χ1) is 7.64. The van der Waals surface area contributed by atoms with Gasteiger partial charge in [0.2, 0.25) is 0 Å². The molecule has 2 fully saturated rings. The van der Waals surface area contributed by atoms with E-state index in [0.29, 0.717) is 0 Å². The first-order valence-electron chi connectivity index (χ1n) is 6.39. The van der Waals surface area contributed by atoms with E-state index in [9.17, 15) is 4.79 Å². The Labute approximate surface area is 97.1 Å². The van der Waals surface area contributed by atoms with Crippen LogP contribution in [-0.2, 0) is 9.53 Å². The zero-order valence-corrected chi connectivity index (χ0v) is 10.1. The second-order valence-corrected chi connectivity index (χ2v) is 6.12. The molecule has 0 aromatic rings. The van der Waals surface area contributed by atoms with Crippen molar-refractivity contribution >= 4 is 5.97 Å². The summed E-state index contributed by atoms with van der Waals surface area (Å²) in [7, 11) is 1.52. The molecule has 0 amide bonds. The van der Waals surface area contributed by atoms with E-state index in [2.05, 4.69) is 19.1 Å². The highest BCUT2D eigenvalue weighted by molar-refractivity contribution is 5.76. The number of esters is 1. The monoisotopic (exact) mass is 220 g/mol. The van der Waals surface area contributed by atoms with Crippen LogP contribution in [-0.4, -0.2) is 13.1 Å². The van der Waals surface area contributed by atoms with Gasteiger partial charge in [-0.05, 0) is 56.3 Å². The van der Waals surface area contributed by atoms with Crippen LogP contribution in [0.25, 0.3) is 0 Å². The molecule has 0 aromatic carbocycles. The van der Waals surface area contributed by atoms with E-state index in [1.165, 1.54) is 20.0 Å². The molecule has 2 nitrogen and oxygen atoms in total. The number of fused-ring (bicyclic) bond motifs is 5. The summed E-state index contributed by atoms with van der Waals surface area (Å²) in [6.45, 7) is 2.10. The van der Waals surface area contributed by atoms with Gasteiger partial charge >= 0.3 is 5.97 Å². The average molecular weight is 220 g/mol. The molecule has 2 heteroatoms. The Morgan fingerprint density at radius 3 is 2.88 bits per heavy atom. The molecule has 5 atom stereocenters. The van der Waals surface area contributed by atoms with Crippen molar-refractivity contribution in [1.29, 1.82) is 0 Å². The third-order valence-electron chi connectivity index (χ3n) is 5.12. The van der Waals surface area contributed by atoms with Crippen LogP contribution >= 0.6 is 0 Å². The third kappa shape index (κ3) is 1.28. The van der Waals surface area contributed by atoms with E-state index in [1.807, 2.05) is 0 Å². The maximum atomic E-state index is 11.9. The van der Waals surface area contributed by atoms with Gasteiger partial charge in [0.05, 0.1) is 12.5 Å². The molecular formula is C14H20O2. The number of hydrogen-bond acceptors (Lipinski definition) is 2. The number of carbonyl (C=O) groups excluding carboxylic acids is 1. The fourth-order valence-electron chi connectivity index (χ4n) is 4.53. The van der Waals surface area contributed by atoms with Crippen LogP contribution in [0.1, 0.15) is 32.6 Å². The molecule has 0 radical (unpaired) electrons. The molecule has 2 saturated carbocycles. The highest BCUT2D eigenvalue weighted by Gasteiger charge is 2.54. The summed E-state index contributed by atoms with van der Waals surface area (Å²) in [5.74, 6) is 3.08. The number of carbonyl (C=O) groups is 1. The van der Waals surface area contributed by atoms with Crippen LogP contribution in [0.5, 0.6) is 0 Å². The van der Waals surface area contributed by atoms with Gasteiger partial charge in [-0.1, -0.05) is 12.2 Å². The standard InChI is InChI=1S/C14H20O2/c1-14(13(15)16-2)7-9-6-10(8-14)12-5-3-4-11(9)12/h3-4,9-12H,5-8H2,1-2H3. The fraction of sp³-hybridized carbons (Fsp3) is 0.786. The second kappa shape index (κ2) is 3.35. The molecule has 3 rings (SSSR count). The lowest BCUT2D eigenvalue weighted by atomic mass is 9.69. The molecule has 2 bridgehead atoms. The first-order valence-corrected chi connectivity index (χ1v) is 6.39. The minimum atomic E-state index is -0.208. The lowest BCUT2D eigenvalue weighted by Gasteiger charge is -2.36. The van der Waals surface area contributed by atoms with Crippen molar-refractivity contribution in [2.24, 2.45) is 29.1 Å². The minimum absolute atomic E-state index is 0.00570. The predicted octanol–water partition coefficient (Wildman–Crippen LogP) is 2.79. The molecule has 0 aliphatic heterocycles. The predicted molar refractivity (Wildman–Crippen MR) is 61.7 cm³/mol. The Morgan fingerprint density at radius 1 is 1.38 bits per heavy atom. The number of hydrogen-bond donors (Lipinski definition) is 0. The average Bonchev–Trinajstić information content (AvgIpc) is 2.83. The number of methoxy groups -OCH3 is 1. The van der Waals surface area contributed by atoms with Crippen molar-refractivity contribution in [3.05, 3.63) is 12.2 Å². The third-order valence-corrected chi connectivity index (χ3v) is 5.12. The van der Waals surface area contributed by atoms with Crippen LogP contribution in [0.15, 0.2) is 12.2 Å². The lowest BCUT2D eigenvalue weighted by Crippen LogP contribution is -2.36. The summed E-state index contributed by atoms with van der Waals surface area (Å²) >= 11 is 0. The Balaban J connectivity index is 1.85. The summed E-state index contributed by atoms with van der Waals surface area (Å²) in [5.41, 5.74) is -0.208. The van der Waals surface area contributed by atoms with Gasteiger partial charge in [0.15, 0.2) is 0 Å². The van der Waals surface area contributed by atoms with Gasteiger partial charge in [-0.25, -0.2) is 0 Å². The maximum Gasteiger partial charge on any atom is 0.311 e.